The lowest BCUT2D eigenvalue weighted by atomic mass is 10.0. The Kier molecular flexibility index (Phi) is 22.6. The number of unbranched alkanes of at least 4 members (excludes halogenated alkanes) is 20. The summed E-state index contributed by atoms with van der Waals surface area (Å²) in [5.74, 6) is -0.830. The molecule has 2 nitrogen and oxygen atoms in total. The first-order chi connectivity index (χ1) is 13.3. The zero-order valence-corrected chi connectivity index (χ0v) is 18.4. The predicted molar refractivity (Wildman–Crippen MR) is 119 cm³/mol. The van der Waals surface area contributed by atoms with Gasteiger partial charge in [-0.2, -0.15) is 0 Å². The molecule has 0 saturated carbocycles. The van der Waals surface area contributed by atoms with Gasteiger partial charge < -0.3 is 5.11 Å². The van der Waals surface area contributed by atoms with Crippen molar-refractivity contribution in [1.82, 2.24) is 0 Å². The van der Waals surface area contributed by atoms with Crippen LogP contribution in [0.4, 0.5) is 0 Å². The molecule has 0 bridgehead atoms. The topological polar surface area (TPSA) is 37.3 Å². The van der Waals surface area contributed by atoms with Gasteiger partial charge in [0.2, 0.25) is 0 Å². The van der Waals surface area contributed by atoms with Crippen LogP contribution < -0.4 is 0 Å². The minimum Gasteiger partial charge on any atom is -0.478 e. The van der Waals surface area contributed by atoms with Crippen molar-refractivity contribution in [2.45, 2.75) is 142 Å². The Morgan fingerprint density at radius 3 is 1.15 bits per heavy atom. The summed E-state index contributed by atoms with van der Waals surface area (Å²) in [6, 6.07) is 0. The summed E-state index contributed by atoms with van der Waals surface area (Å²) in [6.45, 7) is 2.29. The number of hydrogen-bond acceptors (Lipinski definition) is 1. The molecule has 0 atom stereocenters. The van der Waals surface area contributed by atoms with Crippen LogP contribution in [0.1, 0.15) is 142 Å². The number of carboxylic acid groups (broad SMARTS) is 1. The van der Waals surface area contributed by atoms with Crippen molar-refractivity contribution in [3.63, 3.8) is 0 Å². The molecule has 0 unspecified atom stereocenters. The number of hydrogen-bond donors (Lipinski definition) is 1. The molecule has 0 radical (unpaired) electrons. The van der Waals surface area contributed by atoms with E-state index in [1.165, 1.54) is 128 Å². The van der Waals surface area contributed by atoms with Crippen molar-refractivity contribution >= 4 is 5.97 Å². The van der Waals surface area contributed by atoms with Gasteiger partial charge in [0.25, 0.3) is 0 Å². The zero-order valence-electron chi connectivity index (χ0n) is 18.4. The fourth-order valence-electron chi connectivity index (χ4n) is 3.70. The van der Waals surface area contributed by atoms with Gasteiger partial charge in [-0.05, 0) is 12.8 Å². The van der Waals surface area contributed by atoms with E-state index in [1.807, 2.05) is 0 Å². The van der Waals surface area contributed by atoms with Gasteiger partial charge in [-0.3, -0.25) is 0 Å². The molecular formula is C25H48O2. The summed E-state index contributed by atoms with van der Waals surface area (Å²) in [5.41, 5.74) is 0. The third kappa shape index (κ3) is 25.2. The van der Waals surface area contributed by atoms with Crippen LogP contribution in [-0.2, 0) is 4.79 Å². The monoisotopic (exact) mass is 380 g/mol. The molecule has 0 aliphatic heterocycles. The quantitative estimate of drug-likeness (QED) is 0.150. The number of allylic oxidation sites excluding steroid dienone is 1. The van der Waals surface area contributed by atoms with Gasteiger partial charge >= 0.3 is 5.97 Å². The Hall–Kier alpha value is -0.790. The zero-order chi connectivity index (χ0) is 19.8. The van der Waals surface area contributed by atoms with Crippen LogP contribution in [0.5, 0.6) is 0 Å². The lowest BCUT2D eigenvalue weighted by Gasteiger charge is -2.04. The average Bonchev–Trinajstić information content (AvgIpc) is 2.65. The van der Waals surface area contributed by atoms with Crippen molar-refractivity contribution in [1.29, 1.82) is 0 Å². The van der Waals surface area contributed by atoms with Crippen LogP contribution in [-0.4, -0.2) is 11.1 Å². The number of carbonyl (C=O) groups is 1. The summed E-state index contributed by atoms with van der Waals surface area (Å²) < 4.78 is 0. The highest BCUT2D eigenvalue weighted by molar-refractivity contribution is 5.79. The molecule has 0 aromatic rings. The summed E-state index contributed by atoms with van der Waals surface area (Å²) in [7, 11) is 0. The highest BCUT2D eigenvalue weighted by Crippen LogP contribution is 2.15. The van der Waals surface area contributed by atoms with E-state index < -0.39 is 5.97 Å². The van der Waals surface area contributed by atoms with Crippen LogP contribution >= 0.6 is 0 Å². The first-order valence-corrected chi connectivity index (χ1v) is 12.2. The van der Waals surface area contributed by atoms with E-state index in [1.54, 1.807) is 6.08 Å². The molecule has 0 aliphatic rings. The summed E-state index contributed by atoms with van der Waals surface area (Å²) in [4.78, 5) is 10.3. The van der Waals surface area contributed by atoms with Crippen LogP contribution in [0.3, 0.4) is 0 Å². The molecule has 0 rings (SSSR count). The number of aliphatic carboxylic acids is 1. The van der Waals surface area contributed by atoms with Gasteiger partial charge in [-0.15, -0.1) is 0 Å². The summed E-state index contributed by atoms with van der Waals surface area (Å²) >= 11 is 0. The SMILES string of the molecule is CCCCCCCCCCCCCCCCCCCCCCC=CC(=O)O. The average molecular weight is 381 g/mol. The molecular weight excluding hydrogens is 332 g/mol. The fraction of sp³-hybridized carbons (Fsp3) is 0.880. The molecule has 2 heteroatoms. The minimum absolute atomic E-state index is 0.830. The molecule has 27 heavy (non-hydrogen) atoms. The normalized spacial score (nSPS) is 11.4. The fourth-order valence-corrected chi connectivity index (χ4v) is 3.70. The maximum Gasteiger partial charge on any atom is 0.327 e. The van der Waals surface area contributed by atoms with Gasteiger partial charge in [0.15, 0.2) is 0 Å². The third-order valence-corrected chi connectivity index (χ3v) is 5.48. The van der Waals surface area contributed by atoms with E-state index in [4.69, 9.17) is 5.11 Å². The minimum atomic E-state index is -0.830. The molecule has 0 aliphatic carbocycles. The molecule has 0 heterocycles. The molecule has 160 valence electrons. The van der Waals surface area contributed by atoms with Crippen molar-refractivity contribution in [3.8, 4) is 0 Å². The maximum atomic E-state index is 10.3. The third-order valence-electron chi connectivity index (χ3n) is 5.48. The predicted octanol–water partition coefficient (Wildman–Crippen LogP) is 8.84. The summed E-state index contributed by atoms with van der Waals surface area (Å²) in [5, 5.41) is 8.49. The molecule has 0 fully saturated rings. The molecule has 0 aromatic heterocycles. The van der Waals surface area contributed by atoms with Crippen LogP contribution in [0, 0.1) is 0 Å². The second-order valence-corrected chi connectivity index (χ2v) is 8.25. The van der Waals surface area contributed by atoms with E-state index >= 15 is 0 Å². The van der Waals surface area contributed by atoms with E-state index in [9.17, 15) is 4.79 Å². The molecule has 0 spiro atoms. The highest BCUT2D eigenvalue weighted by Gasteiger charge is 1.95. The standard InChI is InChI=1S/C25H48O2/c1-2-3-4-5-6-7-8-9-10-11-12-13-14-15-16-17-18-19-20-21-22-23-24-25(26)27/h23-24H,2-22H2,1H3,(H,26,27). The van der Waals surface area contributed by atoms with Crippen molar-refractivity contribution in [2.24, 2.45) is 0 Å². The van der Waals surface area contributed by atoms with E-state index in [-0.39, 0.29) is 0 Å². The van der Waals surface area contributed by atoms with E-state index in [0.717, 1.165) is 12.8 Å². The van der Waals surface area contributed by atoms with Crippen LogP contribution in [0.2, 0.25) is 0 Å². The van der Waals surface area contributed by atoms with E-state index in [0.29, 0.717) is 0 Å². The molecule has 0 saturated heterocycles. The van der Waals surface area contributed by atoms with Gasteiger partial charge in [-0.1, -0.05) is 135 Å². The smallest absolute Gasteiger partial charge is 0.327 e. The number of carboxylic acids is 1. The lowest BCUT2D eigenvalue weighted by Crippen LogP contribution is -1.86. The Bertz CT molecular complexity index is 322. The van der Waals surface area contributed by atoms with Crippen LogP contribution in [0.15, 0.2) is 12.2 Å². The second-order valence-electron chi connectivity index (χ2n) is 8.25. The maximum absolute atomic E-state index is 10.3. The van der Waals surface area contributed by atoms with E-state index in [2.05, 4.69) is 6.92 Å². The van der Waals surface area contributed by atoms with Gasteiger partial charge in [0.05, 0.1) is 0 Å². The van der Waals surface area contributed by atoms with Crippen LogP contribution in [0.25, 0.3) is 0 Å². The van der Waals surface area contributed by atoms with Crippen molar-refractivity contribution in [2.75, 3.05) is 0 Å². The largest absolute Gasteiger partial charge is 0.478 e. The van der Waals surface area contributed by atoms with Crippen molar-refractivity contribution < 1.29 is 9.90 Å². The number of rotatable bonds is 22. The Morgan fingerprint density at radius 1 is 0.556 bits per heavy atom. The van der Waals surface area contributed by atoms with Gasteiger partial charge in [0, 0.05) is 6.08 Å². The molecule has 1 N–H and O–H groups in total. The molecule has 0 aromatic carbocycles. The Morgan fingerprint density at radius 2 is 0.852 bits per heavy atom. The summed E-state index contributed by atoms with van der Waals surface area (Å²) in [6.07, 6.45) is 31.9. The first kappa shape index (κ1) is 26.2. The first-order valence-electron chi connectivity index (χ1n) is 12.2. The highest BCUT2D eigenvalue weighted by atomic mass is 16.4. The van der Waals surface area contributed by atoms with Gasteiger partial charge in [0.1, 0.15) is 0 Å². The Labute approximate surface area is 170 Å². The van der Waals surface area contributed by atoms with Gasteiger partial charge in [-0.25, -0.2) is 4.79 Å². The van der Waals surface area contributed by atoms with Crippen molar-refractivity contribution in [3.05, 3.63) is 12.2 Å². The Balaban J connectivity index is 3.02. The lowest BCUT2D eigenvalue weighted by molar-refractivity contribution is -0.131. The second kappa shape index (κ2) is 23.2. The molecule has 0 amide bonds.